The largest absolute Gasteiger partial charge is 0.240 e. The highest BCUT2D eigenvalue weighted by molar-refractivity contribution is 9.09. The molecular formula is C12H16BrNO2S. The van der Waals surface area contributed by atoms with Crippen molar-refractivity contribution in [3.05, 3.63) is 29.8 Å². The van der Waals surface area contributed by atoms with Crippen LogP contribution in [0.5, 0.6) is 0 Å². The SMILES string of the molecule is Cc1ccc(S(=O)(=O)N[C@@H]2CCC[C@H]2Br)cc1. The van der Waals surface area contributed by atoms with Gasteiger partial charge < -0.3 is 0 Å². The molecule has 0 heterocycles. The number of sulfonamides is 1. The van der Waals surface area contributed by atoms with Crippen molar-refractivity contribution in [1.82, 2.24) is 4.72 Å². The van der Waals surface area contributed by atoms with Crippen molar-refractivity contribution in [3.63, 3.8) is 0 Å². The Morgan fingerprint density at radius 3 is 2.41 bits per heavy atom. The van der Waals surface area contributed by atoms with E-state index in [0.29, 0.717) is 4.90 Å². The first-order valence-electron chi connectivity index (χ1n) is 5.72. The van der Waals surface area contributed by atoms with Crippen LogP contribution in [0.15, 0.2) is 29.2 Å². The predicted molar refractivity (Wildman–Crippen MR) is 71.9 cm³/mol. The number of halogens is 1. The smallest absolute Gasteiger partial charge is 0.207 e. The molecule has 3 nitrogen and oxygen atoms in total. The van der Waals surface area contributed by atoms with Crippen LogP contribution >= 0.6 is 15.9 Å². The number of rotatable bonds is 3. The zero-order valence-corrected chi connectivity index (χ0v) is 12.1. The maximum absolute atomic E-state index is 12.1. The van der Waals surface area contributed by atoms with Gasteiger partial charge >= 0.3 is 0 Å². The molecule has 0 radical (unpaired) electrons. The maximum Gasteiger partial charge on any atom is 0.240 e. The van der Waals surface area contributed by atoms with Crippen LogP contribution < -0.4 is 4.72 Å². The van der Waals surface area contributed by atoms with Crippen LogP contribution in [0.25, 0.3) is 0 Å². The first-order valence-corrected chi connectivity index (χ1v) is 8.12. The predicted octanol–water partition coefficient (Wildman–Crippen LogP) is 2.59. The van der Waals surface area contributed by atoms with Crippen LogP contribution in [-0.4, -0.2) is 19.3 Å². The van der Waals surface area contributed by atoms with E-state index < -0.39 is 10.0 Å². The highest BCUT2D eigenvalue weighted by Gasteiger charge is 2.29. The van der Waals surface area contributed by atoms with Crippen LogP contribution in [-0.2, 0) is 10.0 Å². The van der Waals surface area contributed by atoms with Crippen molar-refractivity contribution in [3.8, 4) is 0 Å². The van der Waals surface area contributed by atoms with Gasteiger partial charge in [-0.3, -0.25) is 0 Å². The molecule has 1 saturated carbocycles. The Balaban J connectivity index is 2.16. The summed E-state index contributed by atoms with van der Waals surface area (Å²) in [4.78, 5) is 0.595. The van der Waals surface area contributed by atoms with E-state index >= 15 is 0 Å². The van der Waals surface area contributed by atoms with Gasteiger partial charge in [0.15, 0.2) is 0 Å². The summed E-state index contributed by atoms with van der Waals surface area (Å²) in [5.74, 6) is 0. The van der Waals surface area contributed by atoms with Gasteiger partial charge in [0.1, 0.15) is 0 Å². The van der Waals surface area contributed by atoms with Gasteiger partial charge in [-0.15, -0.1) is 0 Å². The average molecular weight is 318 g/mol. The minimum Gasteiger partial charge on any atom is -0.207 e. The lowest BCUT2D eigenvalue weighted by Gasteiger charge is -2.16. The van der Waals surface area contributed by atoms with E-state index in [4.69, 9.17) is 0 Å². The second-order valence-corrected chi connectivity index (χ2v) is 7.38. The summed E-state index contributed by atoms with van der Waals surface area (Å²) in [7, 11) is -3.37. The molecule has 17 heavy (non-hydrogen) atoms. The van der Waals surface area contributed by atoms with Crippen molar-refractivity contribution < 1.29 is 8.42 Å². The molecule has 5 heteroatoms. The molecule has 0 spiro atoms. The Morgan fingerprint density at radius 2 is 1.88 bits per heavy atom. The normalized spacial score (nSPS) is 25.1. The lowest BCUT2D eigenvalue weighted by atomic mass is 10.2. The van der Waals surface area contributed by atoms with Crippen molar-refractivity contribution in [2.24, 2.45) is 0 Å². The fourth-order valence-corrected chi connectivity index (χ4v) is 4.24. The number of alkyl halides is 1. The lowest BCUT2D eigenvalue weighted by molar-refractivity contribution is 0.556. The third-order valence-electron chi connectivity index (χ3n) is 3.07. The first kappa shape index (κ1) is 13.1. The zero-order valence-electron chi connectivity index (χ0n) is 9.69. The molecule has 1 N–H and O–H groups in total. The zero-order chi connectivity index (χ0) is 12.5. The average Bonchev–Trinajstić information content (AvgIpc) is 2.64. The van der Waals surface area contributed by atoms with Gasteiger partial charge in [0.25, 0.3) is 0 Å². The van der Waals surface area contributed by atoms with Crippen LogP contribution in [0, 0.1) is 6.92 Å². The summed E-state index contributed by atoms with van der Waals surface area (Å²) in [6.07, 6.45) is 3.00. The number of aryl methyl sites for hydroxylation is 1. The third-order valence-corrected chi connectivity index (χ3v) is 5.67. The number of nitrogens with one attached hydrogen (secondary N) is 1. The first-order chi connectivity index (χ1) is 7.99. The summed E-state index contributed by atoms with van der Waals surface area (Å²) in [5, 5.41) is 0. The van der Waals surface area contributed by atoms with Crippen LogP contribution in [0.3, 0.4) is 0 Å². The molecule has 0 saturated heterocycles. The monoisotopic (exact) mass is 317 g/mol. The highest BCUT2D eigenvalue weighted by atomic mass is 79.9. The molecule has 1 aliphatic carbocycles. The van der Waals surface area contributed by atoms with Gasteiger partial charge in [-0.2, -0.15) is 0 Å². The molecule has 1 aromatic carbocycles. The topological polar surface area (TPSA) is 46.2 Å². The molecule has 1 aliphatic rings. The van der Waals surface area contributed by atoms with E-state index in [1.54, 1.807) is 12.1 Å². The number of hydrogen-bond acceptors (Lipinski definition) is 2. The van der Waals surface area contributed by atoms with E-state index in [9.17, 15) is 8.42 Å². The molecule has 0 unspecified atom stereocenters. The van der Waals surface area contributed by atoms with Gasteiger partial charge in [0, 0.05) is 10.9 Å². The van der Waals surface area contributed by atoms with Crippen LogP contribution in [0.2, 0.25) is 0 Å². The maximum atomic E-state index is 12.1. The van der Waals surface area contributed by atoms with E-state index in [0.717, 1.165) is 24.8 Å². The Labute approximate surface area is 111 Å². The molecule has 0 aliphatic heterocycles. The van der Waals surface area contributed by atoms with Gasteiger partial charge in [-0.1, -0.05) is 40.0 Å². The van der Waals surface area contributed by atoms with Crippen LogP contribution in [0.4, 0.5) is 0 Å². The summed E-state index contributed by atoms with van der Waals surface area (Å²) < 4.78 is 27.0. The standard InChI is InChI=1S/C12H16BrNO2S/c1-9-5-7-10(8-6-9)17(15,16)14-12-4-2-3-11(12)13/h5-8,11-12,14H,2-4H2,1H3/t11-,12-/m1/s1. The van der Waals surface area contributed by atoms with Crippen molar-refractivity contribution in [1.29, 1.82) is 0 Å². The van der Waals surface area contributed by atoms with Gasteiger partial charge in [0.05, 0.1) is 4.90 Å². The Bertz CT molecular complexity index is 484. The molecule has 2 atom stereocenters. The summed E-state index contributed by atoms with van der Waals surface area (Å²) in [6.45, 7) is 1.94. The second kappa shape index (κ2) is 5.08. The molecule has 1 fully saturated rings. The summed E-state index contributed by atoms with van der Waals surface area (Å²) in [5.41, 5.74) is 1.06. The Kier molecular flexibility index (Phi) is 3.90. The molecule has 0 aromatic heterocycles. The molecule has 0 bridgehead atoms. The van der Waals surface area contributed by atoms with Crippen molar-refractivity contribution >= 4 is 26.0 Å². The Morgan fingerprint density at radius 1 is 1.24 bits per heavy atom. The highest BCUT2D eigenvalue weighted by Crippen LogP contribution is 2.27. The van der Waals surface area contributed by atoms with E-state index in [1.807, 2.05) is 19.1 Å². The van der Waals surface area contributed by atoms with Gasteiger partial charge in [-0.25, -0.2) is 13.1 Å². The van der Waals surface area contributed by atoms with Crippen molar-refractivity contribution in [2.75, 3.05) is 0 Å². The number of hydrogen-bond donors (Lipinski definition) is 1. The number of benzene rings is 1. The fraction of sp³-hybridized carbons (Fsp3) is 0.500. The molecule has 0 amide bonds. The molecule has 94 valence electrons. The third kappa shape index (κ3) is 3.09. The molecular weight excluding hydrogens is 302 g/mol. The van der Waals surface area contributed by atoms with E-state index in [1.165, 1.54) is 0 Å². The van der Waals surface area contributed by atoms with E-state index in [-0.39, 0.29) is 10.9 Å². The molecule has 1 aromatic rings. The van der Waals surface area contributed by atoms with Crippen molar-refractivity contribution in [2.45, 2.75) is 42.0 Å². The van der Waals surface area contributed by atoms with Gasteiger partial charge in [0.2, 0.25) is 10.0 Å². The fourth-order valence-electron chi connectivity index (χ4n) is 2.03. The lowest BCUT2D eigenvalue weighted by Crippen LogP contribution is -2.37. The summed E-state index contributed by atoms with van der Waals surface area (Å²) in [6, 6.07) is 6.94. The molecule has 2 rings (SSSR count). The quantitative estimate of drug-likeness (QED) is 0.871. The van der Waals surface area contributed by atoms with Crippen LogP contribution in [0.1, 0.15) is 24.8 Å². The van der Waals surface area contributed by atoms with Gasteiger partial charge in [-0.05, 0) is 31.9 Å². The minimum absolute atomic E-state index is 0.0151. The van der Waals surface area contributed by atoms with E-state index in [2.05, 4.69) is 20.7 Å². The minimum atomic E-state index is -3.37. The Hall–Kier alpha value is -0.390. The second-order valence-electron chi connectivity index (χ2n) is 4.49. The summed E-state index contributed by atoms with van der Waals surface area (Å²) >= 11 is 3.51.